The number of dihydropyridines is 1. The number of hydrogen-bond donors (Lipinski definition) is 1. The van der Waals surface area contributed by atoms with Crippen molar-refractivity contribution in [3.8, 4) is 0 Å². The van der Waals surface area contributed by atoms with Gasteiger partial charge in [0.25, 0.3) is 5.91 Å². The molecule has 140 valence electrons. The van der Waals surface area contributed by atoms with E-state index in [1.807, 2.05) is 24.3 Å². The highest BCUT2D eigenvalue weighted by Gasteiger charge is 2.26. The molecule has 0 saturated carbocycles. The zero-order valence-corrected chi connectivity index (χ0v) is 16.4. The molecule has 1 saturated heterocycles. The Hall–Kier alpha value is -2.07. The number of nitrogens with one attached hydrogen (secondary N) is 1. The molecule has 2 aliphatic heterocycles. The highest BCUT2D eigenvalue weighted by Crippen LogP contribution is 2.26. The summed E-state index contributed by atoms with van der Waals surface area (Å²) < 4.78 is 0. The van der Waals surface area contributed by atoms with Gasteiger partial charge < -0.3 is 15.1 Å². The zero-order valence-electron chi connectivity index (χ0n) is 16.4. The molecule has 1 fully saturated rings. The predicted octanol–water partition coefficient (Wildman–Crippen LogP) is 3.38. The molecule has 0 bridgehead atoms. The molecule has 2 aliphatic rings. The maximum Gasteiger partial charge on any atom is 0.253 e. The first-order chi connectivity index (χ1) is 12.5. The van der Waals surface area contributed by atoms with Crippen LogP contribution in [0.5, 0.6) is 0 Å². The van der Waals surface area contributed by atoms with Gasteiger partial charge in [-0.3, -0.25) is 4.79 Å². The molecule has 0 aliphatic carbocycles. The van der Waals surface area contributed by atoms with E-state index in [9.17, 15) is 4.79 Å². The standard InChI is InChI=1S/C22H31N3O/c1-16(2)25-13-11-18(12-14-25)21-10-9-20(15-23-21)17-5-7-19(8-6-17)22(26)24(3)4/h5-10,15-16,18,21,23H,11-14H2,1-4H3. The van der Waals surface area contributed by atoms with Gasteiger partial charge in [-0.05, 0) is 69.0 Å². The Morgan fingerprint density at radius 1 is 1.15 bits per heavy atom. The predicted molar refractivity (Wildman–Crippen MR) is 108 cm³/mol. The van der Waals surface area contributed by atoms with Crippen LogP contribution in [-0.2, 0) is 0 Å². The van der Waals surface area contributed by atoms with Crippen molar-refractivity contribution in [2.24, 2.45) is 5.92 Å². The molecule has 26 heavy (non-hydrogen) atoms. The van der Waals surface area contributed by atoms with E-state index in [1.165, 1.54) is 31.5 Å². The monoisotopic (exact) mass is 353 g/mol. The summed E-state index contributed by atoms with van der Waals surface area (Å²) in [4.78, 5) is 16.2. The first kappa shape index (κ1) is 18.7. The first-order valence-corrected chi connectivity index (χ1v) is 9.66. The molecule has 3 rings (SSSR count). The highest BCUT2D eigenvalue weighted by atomic mass is 16.2. The van der Waals surface area contributed by atoms with E-state index in [-0.39, 0.29) is 5.91 Å². The summed E-state index contributed by atoms with van der Waals surface area (Å²) in [6.45, 7) is 6.97. The van der Waals surface area contributed by atoms with Crippen molar-refractivity contribution in [2.45, 2.75) is 38.8 Å². The molecule has 4 heteroatoms. The van der Waals surface area contributed by atoms with Crippen LogP contribution in [0.25, 0.3) is 5.57 Å². The van der Waals surface area contributed by atoms with E-state index in [2.05, 4.69) is 42.4 Å². The Kier molecular flexibility index (Phi) is 5.82. The smallest absolute Gasteiger partial charge is 0.253 e. The fourth-order valence-electron chi connectivity index (χ4n) is 3.83. The third kappa shape index (κ3) is 4.18. The molecule has 4 nitrogen and oxygen atoms in total. The second-order valence-corrected chi connectivity index (χ2v) is 7.90. The van der Waals surface area contributed by atoms with Gasteiger partial charge in [0, 0.05) is 37.9 Å². The van der Waals surface area contributed by atoms with Gasteiger partial charge in [0.05, 0.1) is 0 Å². The fraction of sp³-hybridized carbons (Fsp3) is 0.500. The van der Waals surface area contributed by atoms with E-state index < -0.39 is 0 Å². The summed E-state index contributed by atoms with van der Waals surface area (Å²) >= 11 is 0. The number of piperidine rings is 1. The minimum atomic E-state index is 0.0376. The normalized spacial score (nSPS) is 21.4. The Morgan fingerprint density at radius 2 is 1.81 bits per heavy atom. The summed E-state index contributed by atoms with van der Waals surface area (Å²) in [5, 5.41) is 3.59. The van der Waals surface area contributed by atoms with Gasteiger partial charge in [-0.2, -0.15) is 0 Å². The molecule has 0 spiro atoms. The number of carbonyl (C=O) groups excluding carboxylic acids is 1. The molecule has 0 radical (unpaired) electrons. The first-order valence-electron chi connectivity index (χ1n) is 9.66. The minimum Gasteiger partial charge on any atom is -0.384 e. The molecule has 1 atom stereocenters. The van der Waals surface area contributed by atoms with Crippen molar-refractivity contribution in [2.75, 3.05) is 27.2 Å². The lowest BCUT2D eigenvalue weighted by molar-refractivity contribution is 0.0827. The highest BCUT2D eigenvalue weighted by molar-refractivity contribution is 5.94. The van der Waals surface area contributed by atoms with Gasteiger partial charge >= 0.3 is 0 Å². The summed E-state index contributed by atoms with van der Waals surface area (Å²) in [6.07, 6.45) is 9.17. The lowest BCUT2D eigenvalue weighted by Gasteiger charge is -2.38. The number of rotatable bonds is 4. The number of likely N-dealkylation sites (tertiary alicyclic amines) is 1. The van der Waals surface area contributed by atoms with Crippen LogP contribution in [0.4, 0.5) is 0 Å². The molecule has 1 aromatic rings. The number of benzene rings is 1. The van der Waals surface area contributed by atoms with Crippen LogP contribution in [0.2, 0.25) is 0 Å². The van der Waals surface area contributed by atoms with Crippen LogP contribution in [0.15, 0.2) is 42.6 Å². The number of amides is 1. The van der Waals surface area contributed by atoms with E-state index in [4.69, 9.17) is 0 Å². The second kappa shape index (κ2) is 8.09. The van der Waals surface area contributed by atoms with Crippen LogP contribution in [0.1, 0.15) is 42.6 Å². The largest absolute Gasteiger partial charge is 0.384 e. The number of allylic oxidation sites excluding steroid dienone is 2. The van der Waals surface area contributed by atoms with Crippen LogP contribution < -0.4 is 5.32 Å². The van der Waals surface area contributed by atoms with E-state index in [0.29, 0.717) is 18.0 Å². The third-order valence-electron chi connectivity index (χ3n) is 5.60. The van der Waals surface area contributed by atoms with E-state index in [1.54, 1.807) is 19.0 Å². The van der Waals surface area contributed by atoms with Crippen LogP contribution in [0, 0.1) is 5.92 Å². The molecule has 1 N–H and O–H groups in total. The lowest BCUT2D eigenvalue weighted by atomic mass is 9.87. The SMILES string of the molecule is CC(C)N1CCC(C2C=CC(c3ccc(C(=O)N(C)C)cc3)=CN2)CC1. The van der Waals surface area contributed by atoms with Gasteiger partial charge in [-0.15, -0.1) is 0 Å². The van der Waals surface area contributed by atoms with Gasteiger partial charge in [-0.1, -0.05) is 24.3 Å². The Morgan fingerprint density at radius 3 is 2.31 bits per heavy atom. The van der Waals surface area contributed by atoms with Crippen molar-refractivity contribution in [1.29, 1.82) is 0 Å². The molecule has 0 aromatic heterocycles. The zero-order chi connectivity index (χ0) is 18.7. The average Bonchev–Trinajstić information content (AvgIpc) is 2.67. The van der Waals surface area contributed by atoms with Gasteiger partial charge in [0.1, 0.15) is 0 Å². The summed E-state index contributed by atoms with van der Waals surface area (Å²) in [5.74, 6) is 0.745. The van der Waals surface area contributed by atoms with Crippen LogP contribution in [-0.4, -0.2) is 55.0 Å². The lowest BCUT2D eigenvalue weighted by Crippen LogP contribution is -2.44. The Balaban J connectivity index is 1.58. The molecular formula is C22H31N3O. The van der Waals surface area contributed by atoms with E-state index in [0.717, 1.165) is 11.1 Å². The quantitative estimate of drug-likeness (QED) is 0.901. The maximum atomic E-state index is 12.0. The van der Waals surface area contributed by atoms with Crippen LogP contribution in [0.3, 0.4) is 0 Å². The minimum absolute atomic E-state index is 0.0376. The summed E-state index contributed by atoms with van der Waals surface area (Å²) in [6, 6.07) is 8.94. The summed E-state index contributed by atoms with van der Waals surface area (Å²) in [7, 11) is 3.55. The van der Waals surface area contributed by atoms with Gasteiger partial charge in [-0.25, -0.2) is 0 Å². The van der Waals surface area contributed by atoms with Crippen molar-refractivity contribution in [3.05, 3.63) is 53.7 Å². The topological polar surface area (TPSA) is 35.6 Å². The number of hydrogen-bond acceptors (Lipinski definition) is 3. The number of nitrogens with zero attached hydrogens (tertiary/aromatic N) is 2. The Bertz CT molecular complexity index is 680. The average molecular weight is 354 g/mol. The van der Waals surface area contributed by atoms with Crippen LogP contribution >= 0.6 is 0 Å². The Labute approximate surface area is 157 Å². The maximum absolute atomic E-state index is 12.0. The number of carbonyl (C=O) groups is 1. The van der Waals surface area contributed by atoms with Crippen molar-refractivity contribution in [3.63, 3.8) is 0 Å². The van der Waals surface area contributed by atoms with Crippen molar-refractivity contribution in [1.82, 2.24) is 15.1 Å². The van der Waals surface area contributed by atoms with Crippen molar-refractivity contribution < 1.29 is 4.79 Å². The summed E-state index contributed by atoms with van der Waals surface area (Å²) in [5.41, 5.74) is 3.03. The van der Waals surface area contributed by atoms with Crippen molar-refractivity contribution >= 4 is 11.5 Å². The molecule has 1 aromatic carbocycles. The van der Waals surface area contributed by atoms with Gasteiger partial charge in [0.15, 0.2) is 0 Å². The molecular weight excluding hydrogens is 322 g/mol. The fourth-order valence-corrected chi connectivity index (χ4v) is 3.83. The van der Waals surface area contributed by atoms with Gasteiger partial charge in [0.2, 0.25) is 0 Å². The second-order valence-electron chi connectivity index (χ2n) is 7.90. The third-order valence-corrected chi connectivity index (χ3v) is 5.60. The van der Waals surface area contributed by atoms with E-state index >= 15 is 0 Å². The molecule has 1 amide bonds. The molecule has 1 unspecified atom stereocenters. The molecule has 2 heterocycles.